The van der Waals surface area contributed by atoms with Gasteiger partial charge in [-0.25, -0.2) is 0 Å². The fraction of sp³-hybridized carbons (Fsp3) is 0.910. The van der Waals surface area contributed by atoms with E-state index in [1.165, 1.54) is 385 Å². The molecule has 0 aliphatic carbocycles. The fourth-order valence-electron chi connectivity index (χ4n) is 12.3. The average molecular weight is 1150 g/mol. The molecular weight excluding hydrogens is 999 g/mol. The van der Waals surface area contributed by atoms with Crippen LogP contribution in [0.2, 0.25) is 0 Å². The number of hydrogen-bond acceptors (Lipinski definition) is 3. The van der Waals surface area contributed by atoms with Crippen molar-refractivity contribution in [1.29, 1.82) is 0 Å². The number of allylic oxidation sites excluding steroid dienone is 5. The molecule has 1 amide bonds. The number of aliphatic hydroxyl groups excluding tert-OH is 2. The Morgan fingerprint density at radius 1 is 0.293 bits per heavy atom. The molecule has 0 heterocycles. The van der Waals surface area contributed by atoms with Gasteiger partial charge in [-0.15, -0.1) is 0 Å². The maximum Gasteiger partial charge on any atom is 0.220 e. The molecule has 0 rings (SSSR count). The van der Waals surface area contributed by atoms with Crippen LogP contribution in [-0.4, -0.2) is 34.9 Å². The Balaban J connectivity index is 3.39. The highest BCUT2D eigenvalue weighted by Crippen LogP contribution is 2.20. The van der Waals surface area contributed by atoms with Gasteiger partial charge in [0.1, 0.15) is 0 Å². The van der Waals surface area contributed by atoms with Gasteiger partial charge in [-0.05, 0) is 51.4 Å². The monoisotopic (exact) mass is 1150 g/mol. The van der Waals surface area contributed by atoms with Crippen molar-refractivity contribution in [3.63, 3.8) is 0 Å². The Hall–Kier alpha value is -1.39. The van der Waals surface area contributed by atoms with Crippen LogP contribution < -0.4 is 5.32 Å². The van der Waals surface area contributed by atoms with Gasteiger partial charge in [0.2, 0.25) is 5.91 Å². The van der Waals surface area contributed by atoms with E-state index in [1.54, 1.807) is 6.08 Å². The highest BCUT2D eigenvalue weighted by atomic mass is 16.3. The average Bonchev–Trinajstić information content (AvgIpc) is 3.50. The smallest absolute Gasteiger partial charge is 0.220 e. The van der Waals surface area contributed by atoms with E-state index < -0.39 is 12.1 Å². The minimum atomic E-state index is -0.840. The largest absolute Gasteiger partial charge is 0.394 e. The molecule has 82 heavy (non-hydrogen) atoms. The third kappa shape index (κ3) is 69.4. The molecule has 3 N–H and O–H groups in total. The second-order valence-electron chi connectivity index (χ2n) is 26.4. The number of amides is 1. The zero-order valence-electron chi connectivity index (χ0n) is 56.3. The molecule has 0 aromatic rings. The van der Waals surface area contributed by atoms with Crippen LogP contribution >= 0.6 is 0 Å². The van der Waals surface area contributed by atoms with Crippen molar-refractivity contribution in [1.82, 2.24) is 5.32 Å². The molecule has 0 aromatic heterocycles. The minimum Gasteiger partial charge on any atom is -0.394 e. The summed E-state index contributed by atoms with van der Waals surface area (Å²) in [7, 11) is 0. The van der Waals surface area contributed by atoms with Crippen molar-refractivity contribution >= 4 is 5.91 Å². The molecule has 4 heteroatoms. The van der Waals surface area contributed by atoms with Crippen LogP contribution in [0.1, 0.15) is 438 Å². The lowest BCUT2D eigenvalue weighted by Crippen LogP contribution is -2.45. The van der Waals surface area contributed by atoms with Gasteiger partial charge >= 0.3 is 0 Å². The van der Waals surface area contributed by atoms with Gasteiger partial charge in [-0.1, -0.05) is 416 Å². The first-order chi connectivity index (χ1) is 40.7. The van der Waals surface area contributed by atoms with Gasteiger partial charge in [0, 0.05) is 6.42 Å². The van der Waals surface area contributed by atoms with Gasteiger partial charge < -0.3 is 15.5 Å². The second-order valence-corrected chi connectivity index (χ2v) is 26.4. The minimum absolute atomic E-state index is 0.0540. The Labute approximate surface area is 516 Å². The molecule has 0 aliphatic rings. The Morgan fingerprint density at radius 3 is 0.732 bits per heavy atom. The summed E-state index contributed by atoms with van der Waals surface area (Å²) in [5.74, 6) is -0.0540. The SMILES string of the molecule is CCCCCCC/C=C\C/C=C\CCCCCCCCCCCCCCCCCCCCCCCCCCCC(=O)NC(CO)C(O)/C=C/CCCCCCCCCCCCCCCCCCCCCCCCCCCCCCCCC. The third-order valence-electron chi connectivity index (χ3n) is 18.1. The molecule has 0 bridgehead atoms. The number of unbranched alkanes of at least 4 members (excludes halogenated alkanes) is 61. The van der Waals surface area contributed by atoms with E-state index in [1.807, 2.05) is 6.08 Å². The molecule has 486 valence electrons. The number of carbonyl (C=O) groups is 1. The molecule has 0 fully saturated rings. The lowest BCUT2D eigenvalue weighted by molar-refractivity contribution is -0.123. The van der Waals surface area contributed by atoms with Crippen molar-refractivity contribution in [2.24, 2.45) is 0 Å². The number of carbonyl (C=O) groups excluding carboxylic acids is 1. The van der Waals surface area contributed by atoms with Crippen molar-refractivity contribution in [3.8, 4) is 0 Å². The summed E-state index contributed by atoms with van der Waals surface area (Å²) in [5.41, 5.74) is 0. The van der Waals surface area contributed by atoms with Gasteiger partial charge in [-0.3, -0.25) is 4.79 Å². The molecule has 0 radical (unpaired) electrons. The molecule has 0 saturated carbocycles. The van der Waals surface area contributed by atoms with Gasteiger partial charge in [-0.2, -0.15) is 0 Å². The van der Waals surface area contributed by atoms with Crippen molar-refractivity contribution in [2.75, 3.05) is 6.61 Å². The first-order valence-electron chi connectivity index (χ1n) is 38.2. The molecular formula is C78H151NO3. The van der Waals surface area contributed by atoms with E-state index in [0.29, 0.717) is 6.42 Å². The zero-order valence-corrected chi connectivity index (χ0v) is 56.3. The van der Waals surface area contributed by atoms with Crippen molar-refractivity contribution < 1.29 is 15.0 Å². The molecule has 4 nitrogen and oxygen atoms in total. The summed E-state index contributed by atoms with van der Waals surface area (Å²) < 4.78 is 0. The predicted molar refractivity (Wildman–Crippen MR) is 369 cm³/mol. The van der Waals surface area contributed by atoms with Crippen LogP contribution in [0.3, 0.4) is 0 Å². The number of rotatable bonds is 72. The van der Waals surface area contributed by atoms with Gasteiger partial charge in [0.05, 0.1) is 18.8 Å². The van der Waals surface area contributed by atoms with E-state index in [0.717, 1.165) is 32.1 Å². The maximum absolute atomic E-state index is 12.6. The summed E-state index contributed by atoms with van der Waals surface area (Å²) in [5, 5.41) is 23.4. The zero-order chi connectivity index (χ0) is 59.1. The normalized spacial score (nSPS) is 12.8. The van der Waals surface area contributed by atoms with Crippen LogP contribution in [-0.2, 0) is 4.79 Å². The lowest BCUT2D eigenvalue weighted by Gasteiger charge is -2.20. The highest BCUT2D eigenvalue weighted by Gasteiger charge is 2.18. The van der Waals surface area contributed by atoms with Gasteiger partial charge in [0.15, 0.2) is 0 Å². The first kappa shape index (κ1) is 80.6. The highest BCUT2D eigenvalue weighted by molar-refractivity contribution is 5.76. The summed E-state index contributed by atoms with van der Waals surface area (Å²) >= 11 is 0. The number of nitrogens with one attached hydrogen (secondary N) is 1. The van der Waals surface area contributed by atoms with E-state index in [9.17, 15) is 15.0 Å². The lowest BCUT2D eigenvalue weighted by atomic mass is 10.0. The molecule has 0 aromatic carbocycles. The van der Waals surface area contributed by atoms with Crippen molar-refractivity contribution in [2.45, 2.75) is 450 Å². The Morgan fingerprint density at radius 2 is 0.500 bits per heavy atom. The molecule has 2 unspecified atom stereocenters. The van der Waals surface area contributed by atoms with E-state index in [4.69, 9.17) is 0 Å². The van der Waals surface area contributed by atoms with Crippen molar-refractivity contribution in [3.05, 3.63) is 36.5 Å². The summed E-state index contributed by atoms with van der Waals surface area (Å²) in [4.78, 5) is 12.6. The van der Waals surface area contributed by atoms with Crippen LogP contribution in [0.25, 0.3) is 0 Å². The van der Waals surface area contributed by atoms with Crippen LogP contribution in [0, 0.1) is 0 Å². The maximum atomic E-state index is 12.6. The topological polar surface area (TPSA) is 69.6 Å². The standard InChI is InChI=1S/C78H151NO3/c1-3-5-7-9-11-13-15-17-19-21-23-25-27-29-31-33-35-37-38-39-40-42-44-46-48-50-52-54-56-58-60-62-64-66-68-70-72-74-78(82)79-76(75-80)77(81)73-71-69-67-65-63-61-59-57-55-53-51-49-47-45-43-41-36-34-32-30-28-26-24-22-20-18-16-14-12-10-8-6-4-2/h15,17,21,23,71,73,76-77,80-81H,3-14,16,18-20,22,24-70,72,74-75H2,1-2H3,(H,79,82)/b17-15-,23-21-,73-71+. The van der Waals surface area contributed by atoms with Crippen LogP contribution in [0.15, 0.2) is 36.5 Å². The number of aliphatic hydroxyl groups is 2. The Kier molecular flexibility index (Phi) is 72.6. The molecule has 0 aliphatic heterocycles. The predicted octanol–water partition coefficient (Wildman–Crippen LogP) is 26.3. The van der Waals surface area contributed by atoms with Crippen LogP contribution in [0.5, 0.6) is 0 Å². The molecule has 0 saturated heterocycles. The fourth-order valence-corrected chi connectivity index (χ4v) is 12.3. The van der Waals surface area contributed by atoms with Gasteiger partial charge in [0.25, 0.3) is 0 Å². The Bertz CT molecular complexity index is 1260. The van der Waals surface area contributed by atoms with E-state index >= 15 is 0 Å². The van der Waals surface area contributed by atoms with E-state index in [2.05, 4.69) is 43.5 Å². The summed E-state index contributed by atoms with van der Waals surface area (Å²) in [6.07, 6.45) is 103. The second kappa shape index (κ2) is 73.9. The summed E-state index contributed by atoms with van der Waals surface area (Å²) in [6.45, 7) is 4.35. The third-order valence-corrected chi connectivity index (χ3v) is 18.1. The number of hydrogen-bond donors (Lipinski definition) is 3. The quantitative estimate of drug-likeness (QED) is 0.0420. The molecule has 0 spiro atoms. The van der Waals surface area contributed by atoms with E-state index in [-0.39, 0.29) is 12.5 Å². The van der Waals surface area contributed by atoms with Crippen LogP contribution in [0.4, 0.5) is 0 Å². The first-order valence-corrected chi connectivity index (χ1v) is 38.2. The summed E-state index contributed by atoms with van der Waals surface area (Å²) in [6, 6.07) is -0.622. The molecule has 2 atom stereocenters.